The first-order valence-corrected chi connectivity index (χ1v) is 14.1. The van der Waals surface area contributed by atoms with E-state index in [0.29, 0.717) is 11.1 Å². The van der Waals surface area contributed by atoms with Gasteiger partial charge in [0.25, 0.3) is 0 Å². The summed E-state index contributed by atoms with van der Waals surface area (Å²) < 4.78 is 17.8. The number of methoxy groups -OCH3 is 1. The maximum absolute atomic E-state index is 13.1. The summed E-state index contributed by atoms with van der Waals surface area (Å²) in [5.74, 6) is -0.730. The molecular formula is C34H36N2O6. The molecule has 1 N–H and O–H groups in total. The second kappa shape index (κ2) is 11.7. The summed E-state index contributed by atoms with van der Waals surface area (Å²) in [6, 6.07) is 21.0. The summed E-state index contributed by atoms with van der Waals surface area (Å²) in [5, 5.41) is 3.47. The smallest absolute Gasteiger partial charge is 0.419 e. The number of fused-ring (bicyclic) bond motifs is 4. The van der Waals surface area contributed by atoms with Crippen molar-refractivity contribution in [2.75, 3.05) is 13.7 Å². The van der Waals surface area contributed by atoms with E-state index in [1.807, 2.05) is 61.5 Å². The lowest BCUT2D eigenvalue weighted by atomic mass is 9.98. The number of alkyl carbamates (subject to hydrolysis) is 1. The van der Waals surface area contributed by atoms with Crippen molar-refractivity contribution in [3.63, 3.8) is 0 Å². The Morgan fingerprint density at radius 2 is 1.60 bits per heavy atom. The lowest BCUT2D eigenvalue weighted by molar-refractivity contribution is -0.142. The van der Waals surface area contributed by atoms with Gasteiger partial charge in [0.1, 0.15) is 18.2 Å². The first-order valence-electron chi connectivity index (χ1n) is 14.1. The Morgan fingerprint density at radius 1 is 0.952 bits per heavy atom. The molecule has 0 saturated carbocycles. The van der Waals surface area contributed by atoms with Crippen LogP contribution in [0, 0.1) is 0 Å². The summed E-state index contributed by atoms with van der Waals surface area (Å²) in [5.41, 5.74) is 6.17. The topological polar surface area (TPSA) is 95.9 Å². The third kappa shape index (κ3) is 5.88. The number of aryl methyl sites for hydroxylation is 1. The second-order valence-corrected chi connectivity index (χ2v) is 11.5. The van der Waals surface area contributed by atoms with Gasteiger partial charge in [-0.05, 0) is 66.6 Å². The minimum Gasteiger partial charge on any atom is -0.467 e. The minimum atomic E-state index is -1.03. The summed E-state index contributed by atoms with van der Waals surface area (Å²) in [6.07, 6.45) is 1.30. The van der Waals surface area contributed by atoms with E-state index in [2.05, 4.69) is 17.4 Å². The Morgan fingerprint density at radius 3 is 2.19 bits per heavy atom. The maximum Gasteiger partial charge on any atom is 0.419 e. The van der Waals surface area contributed by atoms with Crippen molar-refractivity contribution in [3.05, 3.63) is 95.2 Å². The second-order valence-electron chi connectivity index (χ2n) is 11.5. The molecule has 0 spiro atoms. The molecule has 0 saturated heterocycles. The Kier molecular flexibility index (Phi) is 8.07. The van der Waals surface area contributed by atoms with Gasteiger partial charge in [-0.25, -0.2) is 14.4 Å². The van der Waals surface area contributed by atoms with Crippen LogP contribution >= 0.6 is 0 Å². The molecule has 0 aliphatic heterocycles. The van der Waals surface area contributed by atoms with E-state index >= 15 is 0 Å². The van der Waals surface area contributed by atoms with Gasteiger partial charge in [0.05, 0.1) is 12.6 Å². The summed E-state index contributed by atoms with van der Waals surface area (Å²) in [4.78, 5) is 38.9. The number of carbonyl (C=O) groups is 3. The highest BCUT2D eigenvalue weighted by Gasteiger charge is 2.31. The Bertz CT molecular complexity index is 1600. The van der Waals surface area contributed by atoms with E-state index in [1.165, 1.54) is 11.7 Å². The predicted octanol–water partition coefficient (Wildman–Crippen LogP) is 6.61. The average Bonchev–Trinajstić information content (AvgIpc) is 3.49. The van der Waals surface area contributed by atoms with Gasteiger partial charge in [-0.2, -0.15) is 0 Å². The van der Waals surface area contributed by atoms with Crippen LogP contribution in [0.15, 0.2) is 72.9 Å². The van der Waals surface area contributed by atoms with Gasteiger partial charge in [0.15, 0.2) is 0 Å². The molecule has 8 heteroatoms. The molecule has 4 aromatic rings. The highest BCUT2D eigenvalue weighted by molar-refractivity contribution is 5.93. The third-order valence-electron chi connectivity index (χ3n) is 7.50. The van der Waals surface area contributed by atoms with Gasteiger partial charge in [-0.3, -0.25) is 4.57 Å². The van der Waals surface area contributed by atoms with E-state index in [1.54, 1.807) is 27.0 Å². The number of amides is 1. The van der Waals surface area contributed by atoms with Gasteiger partial charge in [-0.15, -0.1) is 0 Å². The van der Waals surface area contributed by atoms with Crippen molar-refractivity contribution >= 4 is 29.1 Å². The highest BCUT2D eigenvalue weighted by Crippen LogP contribution is 2.44. The van der Waals surface area contributed by atoms with Crippen LogP contribution in [0.5, 0.6) is 0 Å². The molecule has 1 heterocycles. The molecule has 1 aromatic heterocycles. The lowest BCUT2D eigenvalue weighted by Crippen LogP contribution is -2.43. The van der Waals surface area contributed by atoms with Gasteiger partial charge in [-0.1, -0.05) is 67.6 Å². The van der Waals surface area contributed by atoms with E-state index in [4.69, 9.17) is 14.2 Å². The van der Waals surface area contributed by atoms with Crippen LogP contribution in [0.1, 0.15) is 55.9 Å². The molecule has 0 radical (unpaired) electrons. The van der Waals surface area contributed by atoms with Crippen LogP contribution in [0.4, 0.5) is 9.59 Å². The lowest BCUT2D eigenvalue weighted by Gasteiger charge is -2.20. The minimum absolute atomic E-state index is 0.0919. The molecule has 3 aromatic carbocycles. The number of ether oxygens (including phenoxy) is 3. The normalized spacial score (nSPS) is 13.3. The zero-order chi connectivity index (χ0) is 30.0. The Hall–Kier alpha value is -4.59. The molecule has 0 fully saturated rings. The zero-order valence-electron chi connectivity index (χ0n) is 24.6. The zero-order valence-corrected chi connectivity index (χ0v) is 24.6. The van der Waals surface area contributed by atoms with E-state index in [9.17, 15) is 14.4 Å². The number of aromatic nitrogens is 1. The maximum atomic E-state index is 13.1. The molecular weight excluding hydrogens is 532 g/mol. The quantitative estimate of drug-likeness (QED) is 0.199. The number of esters is 1. The average molecular weight is 569 g/mol. The Labute approximate surface area is 245 Å². The van der Waals surface area contributed by atoms with Crippen molar-refractivity contribution in [3.8, 4) is 11.1 Å². The van der Waals surface area contributed by atoms with E-state index in [-0.39, 0.29) is 18.9 Å². The van der Waals surface area contributed by atoms with Crippen LogP contribution in [0.2, 0.25) is 0 Å². The molecule has 1 amide bonds. The molecule has 5 rings (SSSR count). The number of rotatable bonds is 7. The van der Waals surface area contributed by atoms with E-state index in [0.717, 1.165) is 39.6 Å². The molecule has 1 aliphatic rings. The van der Waals surface area contributed by atoms with Crippen LogP contribution in [-0.2, 0) is 31.8 Å². The number of nitrogens with zero attached hydrogens (tertiary/aromatic N) is 1. The van der Waals surface area contributed by atoms with Crippen molar-refractivity contribution in [1.29, 1.82) is 0 Å². The number of hydrogen-bond acceptors (Lipinski definition) is 6. The highest BCUT2D eigenvalue weighted by atomic mass is 16.6. The van der Waals surface area contributed by atoms with Gasteiger partial charge >= 0.3 is 18.2 Å². The molecule has 0 bridgehead atoms. The number of carbonyl (C=O) groups excluding carboxylic acids is 3. The molecule has 8 nitrogen and oxygen atoms in total. The summed E-state index contributed by atoms with van der Waals surface area (Å²) in [6.45, 7) is 7.57. The monoisotopic (exact) mass is 568 g/mol. The predicted molar refractivity (Wildman–Crippen MR) is 161 cm³/mol. The molecule has 0 unspecified atom stereocenters. The standard InChI is InChI=1S/C34H36N2O6/c1-6-21-15-16-23-22(19-36(30(23)17-21)33(39)42-34(2,3)4)18-29(31(37)40-5)35-32(38)41-20-28-26-13-9-7-11-24(26)25-12-8-10-14-27(25)28/h7-17,19,28-29H,6,18,20H2,1-5H3,(H,35,38)/t29-/m0/s1. The van der Waals surface area contributed by atoms with Gasteiger partial charge in [0.2, 0.25) is 0 Å². The van der Waals surface area contributed by atoms with Crippen LogP contribution in [0.25, 0.3) is 22.0 Å². The molecule has 1 atom stereocenters. The number of nitrogens with one attached hydrogen (secondary N) is 1. The molecule has 218 valence electrons. The first kappa shape index (κ1) is 28.9. The van der Waals surface area contributed by atoms with Crippen molar-refractivity contribution in [1.82, 2.24) is 9.88 Å². The fourth-order valence-corrected chi connectivity index (χ4v) is 5.53. The fourth-order valence-electron chi connectivity index (χ4n) is 5.53. The first-order chi connectivity index (χ1) is 20.1. The van der Waals surface area contributed by atoms with Crippen LogP contribution in [0.3, 0.4) is 0 Å². The van der Waals surface area contributed by atoms with Gasteiger partial charge in [0, 0.05) is 23.9 Å². The number of benzene rings is 3. The van der Waals surface area contributed by atoms with E-state index < -0.39 is 29.8 Å². The summed E-state index contributed by atoms with van der Waals surface area (Å²) >= 11 is 0. The van der Waals surface area contributed by atoms with Crippen molar-refractivity contribution in [2.24, 2.45) is 0 Å². The largest absolute Gasteiger partial charge is 0.467 e. The van der Waals surface area contributed by atoms with Gasteiger partial charge < -0.3 is 19.5 Å². The van der Waals surface area contributed by atoms with Crippen LogP contribution in [-0.4, -0.2) is 48.1 Å². The fraction of sp³-hybridized carbons (Fsp3) is 0.324. The van der Waals surface area contributed by atoms with Crippen molar-refractivity contribution in [2.45, 2.75) is 58.1 Å². The number of hydrogen-bond donors (Lipinski definition) is 1. The molecule has 42 heavy (non-hydrogen) atoms. The Balaban J connectivity index is 1.36. The summed E-state index contributed by atoms with van der Waals surface area (Å²) in [7, 11) is 1.27. The SMILES string of the molecule is CCc1ccc2c(C[C@H](NC(=O)OCC3c4ccccc4-c4ccccc43)C(=O)OC)cn(C(=O)OC(C)(C)C)c2c1. The molecule has 1 aliphatic carbocycles. The van der Waals surface area contributed by atoms with Crippen LogP contribution < -0.4 is 5.32 Å². The van der Waals surface area contributed by atoms with Crippen molar-refractivity contribution < 1.29 is 28.6 Å². The third-order valence-corrected chi connectivity index (χ3v) is 7.50.